The predicted octanol–water partition coefficient (Wildman–Crippen LogP) is 1.82. The third kappa shape index (κ3) is 1.39. The Morgan fingerprint density at radius 3 is 2.90 bits per heavy atom. The molecule has 2 nitrogen and oxygen atoms in total. The molecule has 10 heavy (non-hydrogen) atoms. The highest BCUT2D eigenvalue weighted by molar-refractivity contribution is 6.33. The second kappa shape index (κ2) is 2.88. The van der Waals surface area contributed by atoms with Crippen LogP contribution in [0.5, 0.6) is 0 Å². The Hall–Kier alpha value is -0.760. The minimum absolute atomic E-state index is 0.0390. The monoisotopic (exact) mass is 157 g/mol. The van der Waals surface area contributed by atoms with Gasteiger partial charge in [-0.25, -0.2) is 0 Å². The number of halogens is 1. The van der Waals surface area contributed by atoms with Crippen molar-refractivity contribution in [1.82, 2.24) is 4.98 Å². The Balaban J connectivity index is 2.78. The van der Waals surface area contributed by atoms with Crippen LogP contribution in [0.3, 0.4) is 0 Å². The summed E-state index contributed by atoms with van der Waals surface area (Å²) in [6, 6.07) is 1.71. The normalized spacial score (nSPS) is 13.0. The molecular formula is C7H8ClNO. The van der Waals surface area contributed by atoms with E-state index in [2.05, 4.69) is 4.98 Å². The number of carbonyl (C=O) groups is 1. The lowest BCUT2D eigenvalue weighted by atomic mass is 10.2. The van der Waals surface area contributed by atoms with Gasteiger partial charge in [-0.1, -0.05) is 0 Å². The molecule has 0 radical (unpaired) electrons. The summed E-state index contributed by atoms with van der Waals surface area (Å²) in [5.41, 5.74) is 0.641. The number of rotatable bonds is 2. The highest BCUT2D eigenvalue weighted by Crippen LogP contribution is 2.05. The van der Waals surface area contributed by atoms with E-state index in [0.717, 1.165) is 0 Å². The fourth-order valence-corrected chi connectivity index (χ4v) is 0.833. The average molecular weight is 158 g/mol. The van der Waals surface area contributed by atoms with Gasteiger partial charge in [-0.3, -0.25) is 4.79 Å². The number of hydrogen-bond acceptors (Lipinski definition) is 1. The Labute approximate surface area is 64.2 Å². The number of hydrogen-bond donors (Lipinski definition) is 1. The van der Waals surface area contributed by atoms with Crippen LogP contribution in [0.4, 0.5) is 0 Å². The van der Waals surface area contributed by atoms with Crippen LogP contribution in [0.2, 0.25) is 0 Å². The number of carbonyl (C=O) groups excluding carboxylic acids is 1. The van der Waals surface area contributed by atoms with Gasteiger partial charge in [0.1, 0.15) is 0 Å². The molecule has 0 bridgehead atoms. The number of Topliss-reactive ketones (excluding diaryl/α,β-unsaturated/α-hetero) is 1. The first-order valence-electron chi connectivity index (χ1n) is 3.03. The maximum absolute atomic E-state index is 11.1. The van der Waals surface area contributed by atoms with Crippen LogP contribution in [0.1, 0.15) is 17.3 Å². The molecule has 0 aliphatic heterocycles. The molecule has 1 aromatic heterocycles. The molecule has 1 rings (SSSR count). The van der Waals surface area contributed by atoms with Crippen molar-refractivity contribution in [3.05, 3.63) is 24.0 Å². The Kier molecular flexibility index (Phi) is 2.12. The van der Waals surface area contributed by atoms with Gasteiger partial charge in [0.2, 0.25) is 0 Å². The molecular weight excluding hydrogens is 150 g/mol. The van der Waals surface area contributed by atoms with Crippen molar-refractivity contribution >= 4 is 17.4 Å². The summed E-state index contributed by atoms with van der Waals surface area (Å²) < 4.78 is 0. The maximum Gasteiger partial charge on any atom is 0.181 e. The minimum Gasteiger partial charge on any atom is -0.367 e. The zero-order valence-electron chi connectivity index (χ0n) is 5.60. The molecule has 3 heteroatoms. The lowest BCUT2D eigenvalue weighted by Gasteiger charge is -1.96. The maximum atomic E-state index is 11.1. The molecule has 0 saturated carbocycles. The quantitative estimate of drug-likeness (QED) is 0.516. The smallest absolute Gasteiger partial charge is 0.181 e. The van der Waals surface area contributed by atoms with Gasteiger partial charge >= 0.3 is 0 Å². The number of ketones is 1. The van der Waals surface area contributed by atoms with Crippen LogP contribution in [-0.2, 0) is 0 Å². The van der Waals surface area contributed by atoms with Crippen LogP contribution >= 0.6 is 11.6 Å². The van der Waals surface area contributed by atoms with Crippen LogP contribution in [-0.4, -0.2) is 16.1 Å². The topological polar surface area (TPSA) is 32.9 Å². The van der Waals surface area contributed by atoms with E-state index in [1.165, 1.54) is 0 Å². The molecule has 1 heterocycles. The van der Waals surface area contributed by atoms with E-state index < -0.39 is 5.38 Å². The largest absolute Gasteiger partial charge is 0.367 e. The van der Waals surface area contributed by atoms with Crippen LogP contribution < -0.4 is 0 Å². The van der Waals surface area contributed by atoms with Gasteiger partial charge in [0, 0.05) is 18.0 Å². The second-order valence-corrected chi connectivity index (χ2v) is 2.73. The molecule has 54 valence electrons. The average Bonchev–Trinajstić information content (AvgIpc) is 2.36. The summed E-state index contributed by atoms with van der Waals surface area (Å²) >= 11 is 5.56. The molecule has 1 atom stereocenters. The van der Waals surface area contributed by atoms with E-state index in [9.17, 15) is 4.79 Å². The summed E-state index contributed by atoms with van der Waals surface area (Å²) in [6.07, 6.45) is 3.34. The highest BCUT2D eigenvalue weighted by Gasteiger charge is 2.11. The zero-order chi connectivity index (χ0) is 7.56. The number of alkyl halides is 1. The predicted molar refractivity (Wildman–Crippen MR) is 40.4 cm³/mol. The van der Waals surface area contributed by atoms with Gasteiger partial charge in [-0.05, 0) is 13.0 Å². The summed E-state index contributed by atoms with van der Waals surface area (Å²) in [4.78, 5) is 13.8. The molecule has 1 unspecified atom stereocenters. The van der Waals surface area contributed by atoms with Crippen molar-refractivity contribution in [1.29, 1.82) is 0 Å². The summed E-state index contributed by atoms with van der Waals surface area (Å²) in [5.74, 6) is -0.0390. The van der Waals surface area contributed by atoms with Crippen molar-refractivity contribution in [3.8, 4) is 0 Å². The SMILES string of the molecule is CC(Cl)C(=O)c1cc[nH]c1. The van der Waals surface area contributed by atoms with Crippen molar-refractivity contribution in [3.63, 3.8) is 0 Å². The Morgan fingerprint density at radius 1 is 1.80 bits per heavy atom. The number of aromatic amines is 1. The van der Waals surface area contributed by atoms with Crippen molar-refractivity contribution in [2.45, 2.75) is 12.3 Å². The molecule has 1 N–H and O–H groups in total. The summed E-state index contributed by atoms with van der Waals surface area (Å²) in [7, 11) is 0. The van der Waals surface area contributed by atoms with Crippen LogP contribution in [0.25, 0.3) is 0 Å². The van der Waals surface area contributed by atoms with Gasteiger partial charge in [0.15, 0.2) is 5.78 Å². The summed E-state index contributed by atoms with van der Waals surface area (Å²) in [5, 5.41) is -0.434. The number of aromatic nitrogens is 1. The van der Waals surface area contributed by atoms with Crippen molar-refractivity contribution in [2.24, 2.45) is 0 Å². The van der Waals surface area contributed by atoms with Gasteiger partial charge in [0.05, 0.1) is 5.38 Å². The first kappa shape index (κ1) is 7.35. The molecule has 0 aliphatic carbocycles. The van der Waals surface area contributed by atoms with E-state index in [4.69, 9.17) is 11.6 Å². The van der Waals surface area contributed by atoms with Crippen molar-refractivity contribution in [2.75, 3.05) is 0 Å². The standard InChI is InChI=1S/C7H8ClNO/c1-5(8)7(10)6-2-3-9-4-6/h2-5,9H,1H3. The molecule has 0 fully saturated rings. The Bertz CT molecular complexity index is 216. The lowest BCUT2D eigenvalue weighted by molar-refractivity contribution is 0.0992. The van der Waals surface area contributed by atoms with Gasteiger partial charge in [-0.2, -0.15) is 0 Å². The highest BCUT2D eigenvalue weighted by atomic mass is 35.5. The van der Waals surface area contributed by atoms with Gasteiger partial charge < -0.3 is 4.98 Å². The number of nitrogens with one attached hydrogen (secondary N) is 1. The number of H-pyrrole nitrogens is 1. The first-order valence-corrected chi connectivity index (χ1v) is 3.46. The molecule has 0 aliphatic rings. The van der Waals surface area contributed by atoms with E-state index in [1.807, 2.05) is 0 Å². The third-order valence-corrected chi connectivity index (χ3v) is 1.44. The third-order valence-electron chi connectivity index (χ3n) is 1.24. The van der Waals surface area contributed by atoms with Crippen LogP contribution in [0, 0.1) is 0 Å². The Morgan fingerprint density at radius 2 is 2.50 bits per heavy atom. The van der Waals surface area contributed by atoms with E-state index in [1.54, 1.807) is 25.4 Å². The van der Waals surface area contributed by atoms with Gasteiger partial charge in [-0.15, -0.1) is 11.6 Å². The van der Waals surface area contributed by atoms with E-state index in [0.29, 0.717) is 5.56 Å². The second-order valence-electron chi connectivity index (χ2n) is 2.08. The van der Waals surface area contributed by atoms with Crippen LogP contribution in [0.15, 0.2) is 18.5 Å². The summed E-state index contributed by atoms with van der Waals surface area (Å²) in [6.45, 7) is 1.66. The molecule has 0 amide bonds. The first-order chi connectivity index (χ1) is 4.72. The molecule has 0 aromatic carbocycles. The van der Waals surface area contributed by atoms with E-state index >= 15 is 0 Å². The minimum atomic E-state index is -0.434. The molecule has 0 spiro atoms. The fraction of sp³-hybridized carbons (Fsp3) is 0.286. The van der Waals surface area contributed by atoms with Crippen molar-refractivity contribution < 1.29 is 4.79 Å². The molecule has 1 aromatic rings. The molecule has 0 saturated heterocycles. The lowest BCUT2D eigenvalue weighted by Crippen LogP contribution is -2.08. The zero-order valence-corrected chi connectivity index (χ0v) is 6.35. The van der Waals surface area contributed by atoms with E-state index in [-0.39, 0.29) is 5.78 Å². The van der Waals surface area contributed by atoms with Gasteiger partial charge in [0.25, 0.3) is 0 Å². The fourth-order valence-electron chi connectivity index (χ4n) is 0.707.